The van der Waals surface area contributed by atoms with Crippen molar-refractivity contribution in [3.8, 4) is 0 Å². The lowest BCUT2D eigenvalue weighted by atomic mass is 9.82. The van der Waals surface area contributed by atoms with E-state index in [1.165, 1.54) is 0 Å². The van der Waals surface area contributed by atoms with Crippen LogP contribution in [0.4, 0.5) is 4.79 Å². The first-order chi connectivity index (χ1) is 8.51. The molecule has 1 amide bonds. The summed E-state index contributed by atoms with van der Waals surface area (Å²) in [5, 5.41) is 2.73. The fraction of sp³-hybridized carbons (Fsp3) is 0.429. The molecule has 1 N–H and O–H groups in total. The minimum Gasteiger partial charge on any atom is -0.450 e. The molecule has 1 aromatic rings. The normalized spacial score (nSPS) is 12.6. The minimum absolute atomic E-state index is 0.300. The standard InChI is InChI=1S/C14H19NO3/c1-4-18-13(17)15-12(14(2,3)10-16)11-8-6-5-7-9-11/h5-10,12H,4H2,1-3H3,(H,15,17). The third-order valence-corrected chi connectivity index (χ3v) is 2.72. The topological polar surface area (TPSA) is 55.4 Å². The Hall–Kier alpha value is -1.84. The van der Waals surface area contributed by atoms with Crippen molar-refractivity contribution in [2.24, 2.45) is 5.41 Å². The van der Waals surface area contributed by atoms with Gasteiger partial charge in [0.05, 0.1) is 12.6 Å². The maximum absolute atomic E-state index is 11.5. The highest BCUT2D eigenvalue weighted by Crippen LogP contribution is 2.31. The predicted octanol–water partition coefficient (Wildman–Crippen LogP) is 2.70. The second kappa shape index (κ2) is 6.19. The quantitative estimate of drug-likeness (QED) is 0.816. The molecule has 0 heterocycles. The van der Waals surface area contributed by atoms with Crippen molar-refractivity contribution in [1.29, 1.82) is 0 Å². The van der Waals surface area contributed by atoms with E-state index < -0.39 is 17.6 Å². The molecule has 1 aromatic carbocycles. The van der Waals surface area contributed by atoms with Gasteiger partial charge in [-0.25, -0.2) is 4.79 Å². The third kappa shape index (κ3) is 3.58. The van der Waals surface area contributed by atoms with Gasteiger partial charge in [-0.3, -0.25) is 0 Å². The maximum atomic E-state index is 11.5. The summed E-state index contributed by atoms with van der Waals surface area (Å²) in [4.78, 5) is 22.7. The highest BCUT2D eigenvalue weighted by atomic mass is 16.5. The molecule has 0 radical (unpaired) electrons. The number of hydrogen-bond donors (Lipinski definition) is 1. The number of amides is 1. The maximum Gasteiger partial charge on any atom is 0.407 e. The Labute approximate surface area is 107 Å². The zero-order valence-electron chi connectivity index (χ0n) is 11.0. The number of ether oxygens (including phenoxy) is 1. The van der Waals surface area contributed by atoms with Crippen LogP contribution in [0.25, 0.3) is 0 Å². The smallest absolute Gasteiger partial charge is 0.407 e. The van der Waals surface area contributed by atoms with Gasteiger partial charge in [-0.2, -0.15) is 0 Å². The fourth-order valence-corrected chi connectivity index (χ4v) is 1.70. The number of carbonyl (C=O) groups excluding carboxylic acids is 2. The molecule has 1 unspecified atom stereocenters. The molecule has 0 saturated heterocycles. The number of benzene rings is 1. The van der Waals surface area contributed by atoms with E-state index in [1.807, 2.05) is 30.3 Å². The van der Waals surface area contributed by atoms with Crippen molar-refractivity contribution in [1.82, 2.24) is 5.32 Å². The number of alkyl carbamates (subject to hydrolysis) is 1. The predicted molar refractivity (Wildman–Crippen MR) is 69.2 cm³/mol. The Kier molecular flexibility index (Phi) is 4.89. The second-order valence-electron chi connectivity index (χ2n) is 4.65. The summed E-state index contributed by atoms with van der Waals surface area (Å²) in [5.74, 6) is 0. The SMILES string of the molecule is CCOC(=O)NC(c1ccccc1)C(C)(C)C=O. The van der Waals surface area contributed by atoms with E-state index >= 15 is 0 Å². The Bertz CT molecular complexity index is 401. The van der Waals surface area contributed by atoms with Crippen LogP contribution >= 0.6 is 0 Å². The van der Waals surface area contributed by atoms with E-state index in [-0.39, 0.29) is 0 Å². The molecule has 0 aromatic heterocycles. The lowest BCUT2D eigenvalue weighted by Gasteiger charge is -2.30. The Morgan fingerprint density at radius 3 is 2.50 bits per heavy atom. The van der Waals surface area contributed by atoms with Gasteiger partial charge in [0, 0.05) is 5.41 Å². The van der Waals surface area contributed by atoms with Crippen molar-refractivity contribution in [3.05, 3.63) is 35.9 Å². The zero-order valence-corrected chi connectivity index (χ0v) is 11.0. The molecule has 0 saturated carbocycles. The Balaban J connectivity index is 2.97. The van der Waals surface area contributed by atoms with Gasteiger partial charge in [-0.1, -0.05) is 44.2 Å². The average Bonchev–Trinajstić information content (AvgIpc) is 2.37. The van der Waals surface area contributed by atoms with Crippen LogP contribution in [0.3, 0.4) is 0 Å². The van der Waals surface area contributed by atoms with Crippen LogP contribution in [0.15, 0.2) is 30.3 Å². The largest absolute Gasteiger partial charge is 0.450 e. The molecule has 0 spiro atoms. The van der Waals surface area contributed by atoms with Crippen LogP contribution in [-0.2, 0) is 9.53 Å². The van der Waals surface area contributed by atoms with Gasteiger partial charge in [0.2, 0.25) is 0 Å². The van der Waals surface area contributed by atoms with E-state index in [0.29, 0.717) is 6.61 Å². The van der Waals surface area contributed by atoms with Crippen LogP contribution < -0.4 is 5.32 Å². The highest BCUT2D eigenvalue weighted by Gasteiger charge is 2.32. The molecule has 0 aliphatic heterocycles. The van der Waals surface area contributed by atoms with Crippen LogP contribution in [-0.4, -0.2) is 19.0 Å². The van der Waals surface area contributed by atoms with Gasteiger partial charge >= 0.3 is 6.09 Å². The third-order valence-electron chi connectivity index (χ3n) is 2.72. The molecule has 18 heavy (non-hydrogen) atoms. The van der Waals surface area contributed by atoms with Crippen LogP contribution in [0.1, 0.15) is 32.4 Å². The van der Waals surface area contributed by atoms with E-state index in [2.05, 4.69) is 5.32 Å². The summed E-state index contributed by atoms with van der Waals surface area (Å²) in [7, 11) is 0. The number of carbonyl (C=O) groups is 2. The van der Waals surface area contributed by atoms with Crippen molar-refractivity contribution in [2.45, 2.75) is 26.8 Å². The Morgan fingerprint density at radius 2 is 2.00 bits per heavy atom. The molecule has 1 rings (SSSR count). The van der Waals surface area contributed by atoms with Gasteiger partial charge in [-0.15, -0.1) is 0 Å². The van der Waals surface area contributed by atoms with Crippen molar-refractivity contribution < 1.29 is 14.3 Å². The van der Waals surface area contributed by atoms with Crippen LogP contribution in [0.2, 0.25) is 0 Å². The van der Waals surface area contributed by atoms with Crippen molar-refractivity contribution in [2.75, 3.05) is 6.61 Å². The van der Waals surface area contributed by atoms with Gasteiger partial charge < -0.3 is 14.8 Å². The first-order valence-corrected chi connectivity index (χ1v) is 5.96. The minimum atomic E-state index is -0.700. The van der Waals surface area contributed by atoms with Gasteiger partial charge in [0.15, 0.2) is 0 Å². The molecule has 98 valence electrons. The van der Waals surface area contributed by atoms with Gasteiger partial charge in [0.25, 0.3) is 0 Å². The molecule has 0 aliphatic carbocycles. The highest BCUT2D eigenvalue weighted by molar-refractivity contribution is 5.70. The van der Waals surface area contributed by atoms with E-state index in [4.69, 9.17) is 4.74 Å². The summed E-state index contributed by atoms with van der Waals surface area (Å²) in [5.41, 5.74) is 0.177. The first kappa shape index (κ1) is 14.2. The molecular formula is C14H19NO3. The summed E-state index contributed by atoms with van der Waals surface area (Å²) >= 11 is 0. The molecule has 0 aliphatic rings. The summed E-state index contributed by atoms with van der Waals surface area (Å²) in [6.45, 7) is 5.60. The number of nitrogens with one attached hydrogen (secondary N) is 1. The summed E-state index contributed by atoms with van der Waals surface area (Å²) < 4.78 is 4.87. The summed E-state index contributed by atoms with van der Waals surface area (Å²) in [6.07, 6.45) is 0.331. The van der Waals surface area contributed by atoms with E-state index in [1.54, 1.807) is 20.8 Å². The van der Waals surface area contributed by atoms with E-state index in [0.717, 1.165) is 11.8 Å². The molecule has 0 fully saturated rings. The Morgan fingerprint density at radius 1 is 1.39 bits per heavy atom. The lowest BCUT2D eigenvalue weighted by Crippen LogP contribution is -2.39. The average molecular weight is 249 g/mol. The monoisotopic (exact) mass is 249 g/mol. The van der Waals surface area contributed by atoms with Crippen LogP contribution in [0.5, 0.6) is 0 Å². The molecule has 4 nitrogen and oxygen atoms in total. The van der Waals surface area contributed by atoms with Gasteiger partial charge in [-0.05, 0) is 12.5 Å². The molecule has 1 atom stereocenters. The fourth-order valence-electron chi connectivity index (χ4n) is 1.70. The zero-order chi connectivity index (χ0) is 13.6. The van der Waals surface area contributed by atoms with Crippen molar-refractivity contribution >= 4 is 12.4 Å². The lowest BCUT2D eigenvalue weighted by molar-refractivity contribution is -0.116. The summed E-state index contributed by atoms with van der Waals surface area (Å²) in [6, 6.07) is 8.98. The second-order valence-corrected chi connectivity index (χ2v) is 4.65. The number of hydrogen-bond acceptors (Lipinski definition) is 3. The van der Waals surface area contributed by atoms with Crippen LogP contribution in [0, 0.1) is 5.41 Å². The molecule has 4 heteroatoms. The number of rotatable bonds is 5. The van der Waals surface area contributed by atoms with Crippen molar-refractivity contribution in [3.63, 3.8) is 0 Å². The molecule has 0 bridgehead atoms. The van der Waals surface area contributed by atoms with E-state index in [9.17, 15) is 9.59 Å². The van der Waals surface area contributed by atoms with Gasteiger partial charge in [0.1, 0.15) is 6.29 Å². The molecular weight excluding hydrogens is 230 g/mol. The number of aldehydes is 1. The first-order valence-electron chi connectivity index (χ1n) is 5.96.